The van der Waals surface area contributed by atoms with E-state index in [-0.39, 0.29) is 5.43 Å². The highest BCUT2D eigenvalue weighted by atomic mass is 16.6. The van der Waals surface area contributed by atoms with Crippen molar-refractivity contribution in [3.8, 4) is 11.5 Å². The molecule has 0 atom stereocenters. The summed E-state index contributed by atoms with van der Waals surface area (Å²) in [6.45, 7) is 3.17. The molecule has 0 bridgehead atoms. The van der Waals surface area contributed by atoms with Crippen molar-refractivity contribution in [3.05, 3.63) is 34.1 Å². The summed E-state index contributed by atoms with van der Waals surface area (Å²) in [5.74, 6) is 1.36. The minimum atomic E-state index is 0.0316. The third-order valence-corrected chi connectivity index (χ3v) is 3.07. The number of nitrogens with one attached hydrogen (secondary N) is 1. The first-order valence-corrected chi connectivity index (χ1v) is 6.23. The van der Waals surface area contributed by atoms with Crippen LogP contribution >= 0.6 is 0 Å². The number of aryl methyl sites for hydroxylation is 1. The number of H-pyrrole nitrogens is 1. The summed E-state index contributed by atoms with van der Waals surface area (Å²) in [5.41, 5.74) is 1.81. The lowest BCUT2D eigenvalue weighted by Gasteiger charge is -2.18. The van der Waals surface area contributed by atoms with Crippen molar-refractivity contribution >= 4 is 10.9 Å². The van der Waals surface area contributed by atoms with Gasteiger partial charge in [0, 0.05) is 23.2 Å². The Hall–Kier alpha value is -1.97. The molecule has 18 heavy (non-hydrogen) atoms. The van der Waals surface area contributed by atoms with Crippen LogP contribution in [0, 0.1) is 0 Å². The molecule has 0 radical (unpaired) electrons. The summed E-state index contributed by atoms with van der Waals surface area (Å²) in [6.07, 6.45) is 1.88. The van der Waals surface area contributed by atoms with Gasteiger partial charge in [-0.05, 0) is 12.5 Å². The topological polar surface area (TPSA) is 51.3 Å². The first-order chi connectivity index (χ1) is 8.78. The highest BCUT2D eigenvalue weighted by Gasteiger charge is 2.14. The standard InChI is InChI=1S/C14H15NO3/c1-2-3-9-6-12(16)10-7-13-14(8-11(10)15-9)18-5-4-17-13/h6-8H,2-5H2,1H3,(H,15,16). The molecule has 2 aromatic rings. The lowest BCUT2D eigenvalue weighted by Crippen LogP contribution is -2.16. The number of rotatable bonds is 2. The molecule has 1 aliphatic heterocycles. The highest BCUT2D eigenvalue weighted by Crippen LogP contribution is 2.32. The number of aromatic nitrogens is 1. The molecule has 1 aromatic heterocycles. The van der Waals surface area contributed by atoms with Gasteiger partial charge >= 0.3 is 0 Å². The van der Waals surface area contributed by atoms with E-state index in [9.17, 15) is 4.79 Å². The number of hydrogen-bond donors (Lipinski definition) is 1. The first kappa shape index (κ1) is 11.1. The third kappa shape index (κ3) is 1.83. The van der Waals surface area contributed by atoms with E-state index in [1.54, 1.807) is 12.1 Å². The van der Waals surface area contributed by atoms with Gasteiger partial charge in [0.2, 0.25) is 0 Å². The Morgan fingerprint density at radius 1 is 1.17 bits per heavy atom. The largest absolute Gasteiger partial charge is 0.486 e. The quantitative estimate of drug-likeness (QED) is 0.882. The zero-order valence-electron chi connectivity index (χ0n) is 10.3. The van der Waals surface area contributed by atoms with E-state index >= 15 is 0 Å². The van der Waals surface area contributed by atoms with Crippen molar-refractivity contribution in [1.29, 1.82) is 0 Å². The summed E-state index contributed by atoms with van der Waals surface area (Å²) < 4.78 is 11.0. The maximum atomic E-state index is 12.0. The smallest absolute Gasteiger partial charge is 0.189 e. The average Bonchev–Trinajstić information content (AvgIpc) is 2.37. The fourth-order valence-electron chi connectivity index (χ4n) is 2.25. The molecule has 0 fully saturated rings. The second-order valence-electron chi connectivity index (χ2n) is 4.45. The summed E-state index contributed by atoms with van der Waals surface area (Å²) in [4.78, 5) is 15.3. The number of hydrogen-bond acceptors (Lipinski definition) is 3. The van der Waals surface area contributed by atoms with Crippen LogP contribution in [-0.4, -0.2) is 18.2 Å². The van der Waals surface area contributed by atoms with E-state index in [0.29, 0.717) is 30.1 Å². The Morgan fingerprint density at radius 2 is 1.89 bits per heavy atom. The van der Waals surface area contributed by atoms with Gasteiger partial charge in [0.25, 0.3) is 0 Å². The van der Waals surface area contributed by atoms with Crippen molar-refractivity contribution in [2.75, 3.05) is 13.2 Å². The van der Waals surface area contributed by atoms with Crippen LogP contribution in [0.1, 0.15) is 19.0 Å². The van der Waals surface area contributed by atoms with E-state index in [4.69, 9.17) is 9.47 Å². The van der Waals surface area contributed by atoms with Crippen molar-refractivity contribution < 1.29 is 9.47 Å². The van der Waals surface area contributed by atoms with Gasteiger partial charge in [-0.15, -0.1) is 0 Å². The van der Waals surface area contributed by atoms with Crippen LogP contribution in [0.3, 0.4) is 0 Å². The Labute approximate surface area is 105 Å². The molecule has 0 saturated carbocycles. The molecule has 3 rings (SSSR count). The Kier molecular flexibility index (Phi) is 2.70. The van der Waals surface area contributed by atoms with Gasteiger partial charge in [0.1, 0.15) is 13.2 Å². The molecule has 0 saturated heterocycles. The van der Waals surface area contributed by atoms with Crippen LogP contribution in [0.15, 0.2) is 23.0 Å². The average molecular weight is 245 g/mol. The van der Waals surface area contributed by atoms with Crippen LogP contribution < -0.4 is 14.9 Å². The predicted octanol–water partition coefficient (Wildman–Crippen LogP) is 2.25. The van der Waals surface area contributed by atoms with Gasteiger partial charge in [-0.1, -0.05) is 13.3 Å². The van der Waals surface area contributed by atoms with Crippen LogP contribution in [0.25, 0.3) is 10.9 Å². The molecule has 0 aliphatic carbocycles. The monoisotopic (exact) mass is 245 g/mol. The van der Waals surface area contributed by atoms with Crippen LogP contribution in [0.2, 0.25) is 0 Å². The van der Waals surface area contributed by atoms with E-state index in [0.717, 1.165) is 24.1 Å². The Balaban J connectivity index is 2.21. The maximum Gasteiger partial charge on any atom is 0.189 e. The Bertz CT molecular complexity index is 645. The van der Waals surface area contributed by atoms with Crippen molar-refractivity contribution in [2.24, 2.45) is 0 Å². The maximum absolute atomic E-state index is 12.0. The van der Waals surface area contributed by atoms with Gasteiger partial charge < -0.3 is 14.5 Å². The van der Waals surface area contributed by atoms with Gasteiger partial charge in [-0.3, -0.25) is 4.79 Å². The minimum Gasteiger partial charge on any atom is -0.486 e. The summed E-state index contributed by atoms with van der Waals surface area (Å²) in [5, 5.41) is 0.652. The van der Waals surface area contributed by atoms with Gasteiger partial charge in [-0.25, -0.2) is 0 Å². The lowest BCUT2D eigenvalue weighted by molar-refractivity contribution is 0.172. The number of benzene rings is 1. The molecule has 1 aliphatic rings. The SMILES string of the molecule is CCCc1cc(=O)c2cc3c(cc2[nH]1)OCCO3. The predicted molar refractivity (Wildman–Crippen MR) is 69.6 cm³/mol. The normalized spacial score (nSPS) is 13.8. The lowest BCUT2D eigenvalue weighted by atomic mass is 10.1. The van der Waals surface area contributed by atoms with Crippen LogP contribution in [0.4, 0.5) is 0 Å². The second-order valence-corrected chi connectivity index (χ2v) is 4.45. The molecule has 1 aromatic carbocycles. The molecule has 4 nitrogen and oxygen atoms in total. The molecule has 4 heteroatoms. The fourth-order valence-corrected chi connectivity index (χ4v) is 2.25. The summed E-state index contributed by atoms with van der Waals surface area (Å²) in [7, 11) is 0. The zero-order valence-corrected chi connectivity index (χ0v) is 10.3. The van der Waals surface area contributed by atoms with Crippen LogP contribution in [0.5, 0.6) is 11.5 Å². The van der Waals surface area contributed by atoms with E-state index < -0.39 is 0 Å². The van der Waals surface area contributed by atoms with E-state index in [1.807, 2.05) is 6.07 Å². The second kappa shape index (κ2) is 4.37. The minimum absolute atomic E-state index is 0.0316. The summed E-state index contributed by atoms with van der Waals surface area (Å²) in [6, 6.07) is 5.28. The number of ether oxygens (including phenoxy) is 2. The summed E-state index contributed by atoms with van der Waals surface area (Å²) >= 11 is 0. The molecule has 1 N–H and O–H groups in total. The molecule has 0 spiro atoms. The van der Waals surface area contributed by atoms with Crippen molar-refractivity contribution in [1.82, 2.24) is 4.98 Å². The van der Waals surface area contributed by atoms with E-state index in [1.165, 1.54) is 0 Å². The van der Waals surface area contributed by atoms with E-state index in [2.05, 4.69) is 11.9 Å². The third-order valence-electron chi connectivity index (χ3n) is 3.07. The van der Waals surface area contributed by atoms with Gasteiger partial charge in [0.05, 0.1) is 5.52 Å². The zero-order chi connectivity index (χ0) is 12.5. The van der Waals surface area contributed by atoms with Gasteiger partial charge in [0.15, 0.2) is 16.9 Å². The number of aromatic amines is 1. The number of fused-ring (bicyclic) bond motifs is 2. The van der Waals surface area contributed by atoms with Gasteiger partial charge in [-0.2, -0.15) is 0 Å². The van der Waals surface area contributed by atoms with Crippen molar-refractivity contribution in [2.45, 2.75) is 19.8 Å². The molecular weight excluding hydrogens is 230 g/mol. The van der Waals surface area contributed by atoms with Crippen LogP contribution in [-0.2, 0) is 6.42 Å². The number of pyridine rings is 1. The molecule has 0 unspecified atom stereocenters. The fraction of sp³-hybridized carbons (Fsp3) is 0.357. The Morgan fingerprint density at radius 3 is 2.61 bits per heavy atom. The first-order valence-electron chi connectivity index (χ1n) is 6.23. The molecule has 2 heterocycles. The highest BCUT2D eigenvalue weighted by molar-refractivity contribution is 5.82. The molecule has 94 valence electrons. The van der Waals surface area contributed by atoms with Crippen molar-refractivity contribution in [3.63, 3.8) is 0 Å². The molecule has 0 amide bonds. The molecular formula is C14H15NO3.